The van der Waals surface area contributed by atoms with Crippen LogP contribution in [0, 0.1) is 17.5 Å². The van der Waals surface area contributed by atoms with Gasteiger partial charge in [-0.15, -0.1) is 0 Å². The van der Waals surface area contributed by atoms with Gasteiger partial charge in [0.05, 0.1) is 5.69 Å². The van der Waals surface area contributed by atoms with E-state index in [1.54, 1.807) is 31.2 Å². The fraction of sp³-hybridized carbons (Fsp3) is 0.333. The Morgan fingerprint density at radius 2 is 1.78 bits per heavy atom. The predicted molar refractivity (Wildman–Crippen MR) is 101 cm³/mol. The van der Waals surface area contributed by atoms with Crippen LogP contribution in [-0.2, 0) is 6.54 Å². The summed E-state index contributed by atoms with van der Waals surface area (Å²) >= 11 is 0. The number of hydrogen-bond donors (Lipinski definition) is 3. The van der Waals surface area contributed by atoms with Crippen LogP contribution in [0.4, 0.5) is 24.5 Å². The minimum atomic E-state index is -3.79. The highest BCUT2D eigenvalue weighted by Gasteiger charge is 2.42. The average Bonchev–Trinajstić information content (AvgIpc) is 2.60. The third-order valence-corrected chi connectivity index (χ3v) is 6.59. The molecular weight excluding hydrogens is 379 g/mol. The maximum atomic E-state index is 14.5. The number of halogens is 3. The first-order valence-electron chi connectivity index (χ1n) is 8.55. The molecule has 0 radical (unpaired) electrons. The molecule has 4 N–H and O–H groups in total. The van der Waals surface area contributed by atoms with Crippen molar-refractivity contribution in [3.8, 4) is 0 Å². The summed E-state index contributed by atoms with van der Waals surface area (Å²) in [5, 5.41) is 0. The van der Waals surface area contributed by atoms with Gasteiger partial charge in [0.1, 0.15) is 11.5 Å². The number of nitrogens with two attached hydrogens (primary N) is 1. The van der Waals surface area contributed by atoms with Gasteiger partial charge in [0, 0.05) is 24.7 Å². The van der Waals surface area contributed by atoms with Crippen molar-refractivity contribution in [2.24, 2.45) is 5.73 Å². The third-order valence-electron chi connectivity index (χ3n) is 4.60. The normalized spacial score (nSPS) is 18.9. The van der Waals surface area contributed by atoms with E-state index in [4.69, 9.17) is 5.73 Å². The van der Waals surface area contributed by atoms with Gasteiger partial charge in [0.15, 0.2) is 11.6 Å². The second kappa shape index (κ2) is 7.69. The molecule has 0 spiro atoms. The fourth-order valence-corrected chi connectivity index (χ4v) is 5.23. The van der Waals surface area contributed by atoms with Crippen molar-refractivity contribution >= 4 is 22.3 Å². The molecule has 1 atom stereocenters. The van der Waals surface area contributed by atoms with E-state index >= 15 is 0 Å². The van der Waals surface area contributed by atoms with Crippen LogP contribution in [0.2, 0.25) is 0 Å². The van der Waals surface area contributed by atoms with Gasteiger partial charge in [-0.25, -0.2) is 17.5 Å². The molecule has 9 heteroatoms. The Morgan fingerprint density at radius 3 is 2.41 bits per heavy atom. The van der Waals surface area contributed by atoms with Gasteiger partial charge in [0.25, 0.3) is 0 Å². The molecule has 3 rings (SSSR count). The summed E-state index contributed by atoms with van der Waals surface area (Å²) in [4.78, 5) is 0. The average molecular weight is 401 g/mol. The number of anilines is 2. The molecule has 1 heterocycles. The standard InChI is InChI=1S/C18H22F3N3O2S/c1-12(5-4-8-22)23-11-13-6-2-3-7-17(13)24(27(23,25)26)18-15(20)9-14(19)10-16(18)21/h2-3,6-7,9-10,12,25-26H,4-5,8,11,22H2,1H3. The molecular formula is C18H22F3N3O2S. The van der Waals surface area contributed by atoms with E-state index in [2.05, 4.69) is 0 Å². The summed E-state index contributed by atoms with van der Waals surface area (Å²) in [5.41, 5.74) is 5.79. The second-order valence-electron chi connectivity index (χ2n) is 6.49. The van der Waals surface area contributed by atoms with Crippen molar-refractivity contribution in [3.63, 3.8) is 0 Å². The zero-order valence-electron chi connectivity index (χ0n) is 14.8. The molecule has 0 fully saturated rings. The van der Waals surface area contributed by atoms with Crippen molar-refractivity contribution in [2.75, 3.05) is 10.8 Å². The van der Waals surface area contributed by atoms with Crippen LogP contribution in [0.1, 0.15) is 25.3 Å². The number of rotatable bonds is 5. The SMILES string of the molecule is CC(CCCN)N1Cc2ccccc2N(c2c(F)cc(F)cc2F)S1(O)O. The molecule has 0 bridgehead atoms. The Kier molecular flexibility index (Phi) is 5.68. The fourth-order valence-electron chi connectivity index (χ4n) is 3.26. The smallest absolute Gasteiger partial charge is 0.154 e. The third kappa shape index (κ3) is 3.65. The number of para-hydroxylation sites is 1. The van der Waals surface area contributed by atoms with Crippen LogP contribution < -0.4 is 10.0 Å². The number of hydrogen-bond acceptors (Lipinski definition) is 5. The van der Waals surface area contributed by atoms with E-state index in [0.29, 0.717) is 37.1 Å². The topological polar surface area (TPSA) is 73.0 Å². The van der Waals surface area contributed by atoms with Crippen molar-refractivity contribution in [3.05, 3.63) is 59.4 Å². The quantitative estimate of drug-likeness (QED) is 0.673. The molecule has 27 heavy (non-hydrogen) atoms. The zero-order chi connectivity index (χ0) is 19.8. The molecule has 0 saturated carbocycles. The molecule has 1 aliphatic heterocycles. The minimum Gasteiger partial charge on any atom is -0.330 e. The van der Waals surface area contributed by atoms with E-state index in [9.17, 15) is 22.3 Å². The zero-order valence-corrected chi connectivity index (χ0v) is 15.6. The highest BCUT2D eigenvalue weighted by Crippen LogP contribution is 2.60. The van der Waals surface area contributed by atoms with E-state index in [-0.39, 0.29) is 18.3 Å². The van der Waals surface area contributed by atoms with Crippen molar-refractivity contribution in [1.29, 1.82) is 0 Å². The van der Waals surface area contributed by atoms with E-state index in [0.717, 1.165) is 4.31 Å². The van der Waals surface area contributed by atoms with Crippen LogP contribution in [0.25, 0.3) is 0 Å². The van der Waals surface area contributed by atoms with Gasteiger partial charge < -0.3 is 5.73 Å². The summed E-state index contributed by atoms with van der Waals surface area (Å²) in [5.74, 6) is -3.50. The Bertz CT molecular complexity index is 814. The molecule has 148 valence electrons. The Balaban J connectivity index is 2.16. The van der Waals surface area contributed by atoms with Crippen molar-refractivity contribution < 1.29 is 22.3 Å². The van der Waals surface area contributed by atoms with Crippen LogP contribution in [0.15, 0.2) is 36.4 Å². The van der Waals surface area contributed by atoms with Gasteiger partial charge >= 0.3 is 0 Å². The maximum absolute atomic E-state index is 14.5. The van der Waals surface area contributed by atoms with Gasteiger partial charge in [-0.1, -0.05) is 18.2 Å². The van der Waals surface area contributed by atoms with E-state index in [1.807, 2.05) is 0 Å². The highest BCUT2D eigenvalue weighted by atomic mass is 32.3. The van der Waals surface area contributed by atoms with Crippen LogP contribution in [0.3, 0.4) is 0 Å². The van der Waals surface area contributed by atoms with Crippen LogP contribution in [-0.4, -0.2) is 26.0 Å². The first kappa shape index (κ1) is 20.0. The summed E-state index contributed by atoms with van der Waals surface area (Å²) < 4.78 is 66.6. The highest BCUT2D eigenvalue weighted by molar-refractivity contribution is 8.23. The molecule has 0 aliphatic carbocycles. The van der Waals surface area contributed by atoms with Crippen molar-refractivity contribution in [2.45, 2.75) is 32.4 Å². The Morgan fingerprint density at radius 1 is 1.15 bits per heavy atom. The van der Waals surface area contributed by atoms with Gasteiger partial charge in [-0.3, -0.25) is 9.11 Å². The summed E-state index contributed by atoms with van der Waals surface area (Å²) in [6, 6.07) is 7.43. The monoisotopic (exact) mass is 401 g/mol. The molecule has 2 aromatic carbocycles. The molecule has 0 saturated heterocycles. The maximum Gasteiger partial charge on any atom is 0.154 e. The first-order valence-corrected chi connectivity index (χ1v) is 10.0. The molecule has 5 nitrogen and oxygen atoms in total. The Hall–Kier alpha value is -1.78. The largest absolute Gasteiger partial charge is 0.330 e. The summed E-state index contributed by atoms with van der Waals surface area (Å²) in [6.07, 6.45) is 1.24. The second-order valence-corrected chi connectivity index (χ2v) is 8.30. The summed E-state index contributed by atoms with van der Waals surface area (Å²) in [7, 11) is -3.79. The van der Waals surface area contributed by atoms with E-state index < -0.39 is 34.1 Å². The first-order chi connectivity index (χ1) is 12.8. The molecule has 0 amide bonds. The lowest BCUT2D eigenvalue weighted by Gasteiger charge is -2.55. The molecule has 2 aromatic rings. The molecule has 0 aromatic heterocycles. The van der Waals surface area contributed by atoms with Gasteiger partial charge in [-0.2, -0.15) is 4.31 Å². The number of fused-ring (bicyclic) bond motifs is 1. The number of benzene rings is 2. The molecule has 1 unspecified atom stereocenters. The minimum absolute atomic E-state index is 0.200. The van der Waals surface area contributed by atoms with E-state index in [1.165, 1.54) is 4.31 Å². The van der Waals surface area contributed by atoms with Gasteiger partial charge in [0.2, 0.25) is 0 Å². The predicted octanol–water partition coefficient (Wildman–Crippen LogP) is 4.77. The number of nitrogens with zero attached hydrogens (tertiary/aromatic N) is 2. The lowest BCUT2D eigenvalue weighted by molar-refractivity contribution is 0.269. The summed E-state index contributed by atoms with van der Waals surface area (Å²) in [6.45, 7) is 2.44. The molecule has 1 aliphatic rings. The van der Waals surface area contributed by atoms with Crippen LogP contribution >= 0.6 is 11.0 Å². The Labute approximate surface area is 157 Å². The lowest BCUT2D eigenvalue weighted by atomic mass is 10.1. The van der Waals surface area contributed by atoms with Gasteiger partial charge in [-0.05, 0) is 48.9 Å². The van der Waals surface area contributed by atoms with Crippen LogP contribution in [0.5, 0.6) is 0 Å². The van der Waals surface area contributed by atoms with Crippen molar-refractivity contribution in [1.82, 2.24) is 4.31 Å². The lowest BCUT2D eigenvalue weighted by Crippen LogP contribution is -2.46.